The predicted molar refractivity (Wildman–Crippen MR) is 142 cm³/mol. The van der Waals surface area contributed by atoms with Crippen molar-refractivity contribution in [1.82, 2.24) is 0 Å². The maximum absolute atomic E-state index is 2.45. The Balaban J connectivity index is -0.0000000997. The van der Waals surface area contributed by atoms with Crippen molar-refractivity contribution < 1.29 is 25.8 Å². The summed E-state index contributed by atoms with van der Waals surface area (Å²) in [7, 11) is 0. The summed E-state index contributed by atoms with van der Waals surface area (Å²) in [6.45, 7) is 9.32. The molecule has 176 valence electrons. The van der Waals surface area contributed by atoms with Crippen molar-refractivity contribution >= 4 is 10.8 Å². The Morgan fingerprint density at radius 2 is 1.30 bits per heavy atom. The normalized spacial score (nSPS) is 11.5. The summed E-state index contributed by atoms with van der Waals surface area (Å²) >= 11 is 0. The van der Waals surface area contributed by atoms with Crippen LogP contribution >= 0.6 is 0 Å². The molecule has 0 fully saturated rings. The minimum absolute atomic E-state index is 0. The third-order valence-corrected chi connectivity index (χ3v) is 4.64. The Morgan fingerprint density at radius 1 is 0.833 bits per heavy atom. The van der Waals surface area contributed by atoms with Gasteiger partial charge in [-0.1, -0.05) is 44.7 Å². The Kier molecular flexibility index (Phi) is 25.4. The molecule has 1 aliphatic rings. The second-order valence-electron chi connectivity index (χ2n) is 7.63. The van der Waals surface area contributed by atoms with Crippen LogP contribution in [-0.4, -0.2) is 0 Å². The van der Waals surface area contributed by atoms with Crippen LogP contribution in [0.15, 0.2) is 54.6 Å². The molecule has 3 aromatic rings. The van der Waals surface area contributed by atoms with Gasteiger partial charge in [-0.05, 0) is 18.3 Å². The van der Waals surface area contributed by atoms with Gasteiger partial charge in [-0.15, -0.1) is 34.5 Å². The number of hydrogen-bond acceptors (Lipinski definition) is 0. The summed E-state index contributed by atoms with van der Waals surface area (Å²) in [6.07, 6.45) is 2.47. The maximum atomic E-state index is 2.45. The van der Waals surface area contributed by atoms with Gasteiger partial charge in [-0.2, -0.15) is 24.3 Å². The van der Waals surface area contributed by atoms with Crippen LogP contribution in [0.3, 0.4) is 0 Å². The first kappa shape index (κ1) is 43.0. The van der Waals surface area contributed by atoms with Gasteiger partial charge < -0.3 is 52.0 Å². The fourth-order valence-electron chi connectivity index (χ4n) is 3.61. The van der Waals surface area contributed by atoms with Crippen LogP contribution in [0.1, 0.15) is 50.3 Å². The van der Waals surface area contributed by atoms with Crippen molar-refractivity contribution in [2.45, 2.75) is 46.5 Å². The van der Waals surface area contributed by atoms with Gasteiger partial charge >= 0.3 is 0 Å². The quantitative estimate of drug-likeness (QED) is 0.201. The van der Waals surface area contributed by atoms with E-state index in [1.165, 1.54) is 29.2 Å². The molecule has 3 aromatic carbocycles. The first-order valence-corrected chi connectivity index (χ1v) is 8.34. The van der Waals surface area contributed by atoms with Crippen molar-refractivity contribution in [3.63, 3.8) is 0 Å². The van der Waals surface area contributed by atoms with E-state index in [-0.39, 0.29) is 77.8 Å². The zero-order valence-electron chi connectivity index (χ0n) is 21.7. The summed E-state index contributed by atoms with van der Waals surface area (Å²) < 4.78 is 0. The fraction of sp³-hybridized carbons (Fsp3) is 0.276. The molecule has 0 bridgehead atoms. The molecule has 0 unspecified atom stereocenters. The van der Waals surface area contributed by atoms with Crippen molar-refractivity contribution in [3.8, 4) is 0 Å². The molecular formula is C29H47Hf-9. The van der Waals surface area contributed by atoms with E-state index in [9.17, 15) is 0 Å². The predicted octanol–water partition coefficient (Wildman–Crippen LogP) is 9.36. The molecule has 30 heavy (non-hydrogen) atoms. The molecule has 0 nitrogen and oxygen atoms in total. The summed E-state index contributed by atoms with van der Waals surface area (Å²) in [4.78, 5) is 0. The minimum atomic E-state index is 0. The van der Waals surface area contributed by atoms with Crippen molar-refractivity contribution in [2.75, 3.05) is 0 Å². The first-order valence-electron chi connectivity index (χ1n) is 8.34. The van der Waals surface area contributed by atoms with Crippen molar-refractivity contribution in [2.24, 2.45) is 5.41 Å². The van der Waals surface area contributed by atoms with Crippen LogP contribution in [0.4, 0.5) is 0 Å². The number of benzene rings is 1. The minimum Gasteiger partial charge on any atom is -0.358 e. The zero-order valence-corrected chi connectivity index (χ0v) is 25.3. The van der Waals surface area contributed by atoms with Crippen LogP contribution in [0, 0.1) is 57.4 Å². The maximum Gasteiger partial charge on any atom is 0 e. The fourth-order valence-corrected chi connectivity index (χ4v) is 3.61. The molecule has 0 spiro atoms. The van der Waals surface area contributed by atoms with Gasteiger partial charge in [0.1, 0.15) is 0 Å². The van der Waals surface area contributed by atoms with E-state index in [0.29, 0.717) is 11.3 Å². The third kappa shape index (κ3) is 9.90. The van der Waals surface area contributed by atoms with Gasteiger partial charge in [0.05, 0.1) is 0 Å². The SMILES string of the molecule is CC(C)[c-]1ccc2cc3c(cc21)CC(C)(C)C3.[CH3-].[CH3-].[CH3-].[CH3-].[CH3-].[CH3-].[CH3-].[Hf].c1cc[cH-]c1. The standard InChI is InChI=1S/C17H21.C5H5.7CH3.Hf/c1-11(2)15-6-5-12-7-13-9-17(3,4)10-14(13)8-16(12)15;1-2-4-5-3-1;;;;;;;;/h5-8,11H,9-10H2,1-4H3;1-5H;7*1H3;/q9*-1;. The average molecular weight is 574 g/mol. The van der Waals surface area contributed by atoms with Gasteiger partial charge in [0.25, 0.3) is 0 Å². The topological polar surface area (TPSA) is 0 Å². The molecule has 0 radical (unpaired) electrons. The molecule has 0 N–H and O–H groups in total. The molecule has 0 heterocycles. The molecule has 0 saturated heterocycles. The van der Waals surface area contributed by atoms with Crippen molar-refractivity contribution in [3.05, 3.63) is 123 Å². The average Bonchev–Trinajstić information content (AvgIpc) is 3.14. The van der Waals surface area contributed by atoms with Gasteiger partial charge in [-0.25, -0.2) is 12.1 Å². The summed E-state index contributed by atoms with van der Waals surface area (Å²) in [5.74, 6) is 0.625. The summed E-state index contributed by atoms with van der Waals surface area (Å²) in [5, 5.41) is 2.92. The smallest absolute Gasteiger partial charge is 0 e. The Morgan fingerprint density at radius 3 is 1.70 bits per heavy atom. The monoisotopic (exact) mass is 575 g/mol. The number of fused-ring (bicyclic) bond motifs is 2. The molecule has 0 aromatic heterocycles. The molecule has 1 heteroatoms. The van der Waals surface area contributed by atoms with E-state index >= 15 is 0 Å². The van der Waals surface area contributed by atoms with Gasteiger partial charge in [-0.3, -0.25) is 0 Å². The molecule has 1 aliphatic carbocycles. The van der Waals surface area contributed by atoms with Gasteiger partial charge in [0, 0.05) is 25.8 Å². The van der Waals surface area contributed by atoms with Crippen LogP contribution in [-0.2, 0) is 38.7 Å². The van der Waals surface area contributed by atoms with Crippen molar-refractivity contribution in [1.29, 1.82) is 0 Å². The van der Waals surface area contributed by atoms with E-state index in [4.69, 9.17) is 0 Å². The summed E-state index contributed by atoms with van der Waals surface area (Å²) in [5.41, 5.74) is 5.12. The molecule has 0 saturated carbocycles. The zero-order chi connectivity index (χ0) is 15.7. The van der Waals surface area contributed by atoms with Gasteiger partial charge in [0.2, 0.25) is 0 Å². The van der Waals surface area contributed by atoms with E-state index in [1.54, 1.807) is 11.1 Å². The molecule has 0 aliphatic heterocycles. The van der Waals surface area contributed by atoms with Crippen LogP contribution in [0.2, 0.25) is 0 Å². The Bertz CT molecular complexity index is 725. The van der Waals surface area contributed by atoms with Crippen LogP contribution in [0.25, 0.3) is 10.8 Å². The third-order valence-electron chi connectivity index (χ3n) is 4.64. The van der Waals surface area contributed by atoms with Gasteiger partial charge in [0.15, 0.2) is 0 Å². The van der Waals surface area contributed by atoms with E-state index in [0.717, 1.165) is 0 Å². The van der Waals surface area contributed by atoms with Crippen LogP contribution in [0.5, 0.6) is 0 Å². The second-order valence-corrected chi connectivity index (χ2v) is 7.63. The molecule has 0 atom stereocenters. The largest absolute Gasteiger partial charge is 0.358 e. The number of hydrogen-bond donors (Lipinski definition) is 0. The molecule has 0 amide bonds. The Hall–Kier alpha value is -0.950. The van der Waals surface area contributed by atoms with E-state index in [1.807, 2.05) is 30.3 Å². The summed E-state index contributed by atoms with van der Waals surface area (Å²) in [6, 6.07) is 19.5. The molecular weight excluding hydrogens is 527 g/mol. The van der Waals surface area contributed by atoms with Crippen LogP contribution < -0.4 is 0 Å². The molecule has 4 rings (SSSR count). The first-order chi connectivity index (χ1) is 10.5. The van der Waals surface area contributed by atoms with E-state index < -0.39 is 0 Å². The van der Waals surface area contributed by atoms with E-state index in [2.05, 4.69) is 52.0 Å². The number of rotatable bonds is 1. The second kappa shape index (κ2) is 17.7. The Labute approximate surface area is 211 Å².